The number of amides is 1. The Morgan fingerprint density at radius 1 is 1.14 bits per heavy atom. The highest BCUT2D eigenvalue weighted by molar-refractivity contribution is 5.77. The molecule has 1 rings (SSSR count). The second kappa shape index (κ2) is 9.27. The van der Waals surface area contributed by atoms with Gasteiger partial charge in [-0.1, -0.05) is 38.7 Å². The lowest BCUT2D eigenvalue weighted by Crippen LogP contribution is -2.25. The van der Waals surface area contributed by atoms with Crippen LogP contribution in [0.4, 0.5) is 0 Å². The molecule has 0 heterocycles. The molecule has 0 bridgehead atoms. The fourth-order valence-electron chi connectivity index (χ4n) is 2.45. The second-order valence-corrected chi connectivity index (χ2v) is 5.34. The first-order valence-corrected chi connectivity index (χ1v) is 7.62. The van der Waals surface area contributed by atoms with Gasteiger partial charge in [0.25, 0.3) is 0 Å². The van der Waals surface area contributed by atoms with E-state index in [1.165, 1.54) is 12.8 Å². The summed E-state index contributed by atoms with van der Waals surface area (Å²) in [5.74, 6) is 1.05. The van der Waals surface area contributed by atoms with Crippen LogP contribution in [0.25, 0.3) is 0 Å². The largest absolute Gasteiger partial charge is 0.493 e. The molecule has 0 spiro atoms. The average Bonchev–Trinajstić information content (AvgIpc) is 2.49. The van der Waals surface area contributed by atoms with Crippen LogP contribution >= 0.6 is 0 Å². The lowest BCUT2D eigenvalue weighted by molar-refractivity contribution is -0.122. The minimum atomic E-state index is -0.221. The maximum Gasteiger partial charge on any atom is 0.220 e. The van der Waals surface area contributed by atoms with Crippen molar-refractivity contribution in [3.05, 3.63) is 23.8 Å². The van der Waals surface area contributed by atoms with Gasteiger partial charge in [0.05, 0.1) is 14.2 Å². The summed E-state index contributed by atoms with van der Waals surface area (Å²) < 4.78 is 10.5. The van der Waals surface area contributed by atoms with Crippen LogP contribution in [0, 0.1) is 5.92 Å². The third-order valence-corrected chi connectivity index (χ3v) is 3.74. The quantitative estimate of drug-likeness (QED) is 0.673. The van der Waals surface area contributed by atoms with Gasteiger partial charge in [0.15, 0.2) is 11.5 Å². The number of carbonyl (C=O) groups is 1. The normalized spacial score (nSPS) is 12.0. The van der Waals surface area contributed by atoms with Gasteiger partial charge in [-0.05, 0) is 30.5 Å². The van der Waals surface area contributed by atoms with Crippen molar-refractivity contribution in [1.82, 2.24) is 0 Å². The molecule has 1 unspecified atom stereocenters. The Morgan fingerprint density at radius 2 is 1.86 bits per heavy atom. The first-order chi connectivity index (χ1) is 10.1. The van der Waals surface area contributed by atoms with Gasteiger partial charge >= 0.3 is 0 Å². The van der Waals surface area contributed by atoms with Gasteiger partial charge in [0.1, 0.15) is 0 Å². The van der Waals surface area contributed by atoms with Crippen molar-refractivity contribution in [2.45, 2.75) is 45.4 Å². The fraction of sp³-hybridized carbons (Fsp3) is 0.588. The number of unbranched alkanes of at least 4 members (excludes halogenated alkanes) is 3. The maximum absolute atomic E-state index is 11.6. The van der Waals surface area contributed by atoms with Crippen LogP contribution in [0.3, 0.4) is 0 Å². The first-order valence-electron chi connectivity index (χ1n) is 7.62. The lowest BCUT2D eigenvalue weighted by atomic mass is 9.93. The molecule has 0 aliphatic heterocycles. The summed E-state index contributed by atoms with van der Waals surface area (Å²) in [7, 11) is 3.22. The molecule has 1 amide bonds. The topological polar surface area (TPSA) is 61.6 Å². The average molecular weight is 293 g/mol. The molecule has 1 aromatic carbocycles. The SMILES string of the molecule is CCCCCCC(Cc1ccc(OC)c(OC)c1)C(N)=O. The molecule has 0 aliphatic carbocycles. The predicted molar refractivity (Wildman–Crippen MR) is 84.7 cm³/mol. The van der Waals surface area contributed by atoms with Gasteiger partial charge in [-0.3, -0.25) is 4.79 Å². The number of hydrogen-bond acceptors (Lipinski definition) is 3. The van der Waals surface area contributed by atoms with Crippen LogP contribution in [-0.2, 0) is 11.2 Å². The molecule has 4 heteroatoms. The first kappa shape index (κ1) is 17.3. The zero-order valence-electron chi connectivity index (χ0n) is 13.4. The van der Waals surface area contributed by atoms with Crippen LogP contribution in [0.15, 0.2) is 18.2 Å². The Balaban J connectivity index is 2.68. The Bertz CT molecular complexity index is 446. The van der Waals surface area contributed by atoms with Crippen molar-refractivity contribution >= 4 is 5.91 Å². The van der Waals surface area contributed by atoms with Crippen LogP contribution in [0.1, 0.15) is 44.6 Å². The molecule has 0 saturated heterocycles. The summed E-state index contributed by atoms with van der Waals surface area (Å²) in [6.45, 7) is 2.18. The fourth-order valence-corrected chi connectivity index (χ4v) is 2.45. The number of ether oxygens (including phenoxy) is 2. The summed E-state index contributed by atoms with van der Waals surface area (Å²) in [4.78, 5) is 11.6. The van der Waals surface area contributed by atoms with Crippen LogP contribution in [0.2, 0.25) is 0 Å². The van der Waals surface area contributed by atoms with Crippen LogP contribution < -0.4 is 15.2 Å². The third-order valence-electron chi connectivity index (χ3n) is 3.74. The Hall–Kier alpha value is -1.71. The van der Waals surface area contributed by atoms with Gasteiger partial charge in [0.2, 0.25) is 5.91 Å². The minimum Gasteiger partial charge on any atom is -0.493 e. The van der Waals surface area contributed by atoms with Crippen molar-refractivity contribution in [3.8, 4) is 11.5 Å². The number of nitrogens with two attached hydrogens (primary N) is 1. The van der Waals surface area contributed by atoms with Crippen LogP contribution in [-0.4, -0.2) is 20.1 Å². The summed E-state index contributed by atoms with van der Waals surface area (Å²) >= 11 is 0. The number of benzene rings is 1. The summed E-state index contributed by atoms with van der Waals surface area (Å²) in [5.41, 5.74) is 6.58. The zero-order valence-corrected chi connectivity index (χ0v) is 13.4. The number of carbonyl (C=O) groups excluding carboxylic acids is 1. The minimum absolute atomic E-state index is 0.111. The standard InChI is InChI=1S/C17H27NO3/c1-4-5-6-7-8-14(17(18)19)11-13-9-10-15(20-2)16(12-13)21-3/h9-10,12,14H,4-8,11H2,1-3H3,(H2,18,19). The van der Waals surface area contributed by atoms with Gasteiger partial charge in [0, 0.05) is 5.92 Å². The van der Waals surface area contributed by atoms with E-state index in [2.05, 4.69) is 6.92 Å². The lowest BCUT2D eigenvalue weighted by Gasteiger charge is -2.15. The molecule has 21 heavy (non-hydrogen) atoms. The molecule has 0 saturated carbocycles. The predicted octanol–water partition coefficient (Wildman–Crippen LogP) is 3.32. The van der Waals surface area contributed by atoms with E-state index in [0.29, 0.717) is 17.9 Å². The summed E-state index contributed by atoms with van der Waals surface area (Å²) in [6, 6.07) is 5.74. The molecule has 1 atom stereocenters. The second-order valence-electron chi connectivity index (χ2n) is 5.34. The molecule has 1 aromatic rings. The van der Waals surface area contributed by atoms with Crippen molar-refractivity contribution in [3.63, 3.8) is 0 Å². The Labute approximate surface area is 127 Å². The zero-order chi connectivity index (χ0) is 15.7. The van der Waals surface area contributed by atoms with E-state index < -0.39 is 0 Å². The highest BCUT2D eigenvalue weighted by Gasteiger charge is 2.16. The number of hydrogen-bond donors (Lipinski definition) is 1. The number of rotatable bonds is 10. The highest BCUT2D eigenvalue weighted by atomic mass is 16.5. The van der Waals surface area contributed by atoms with Gasteiger partial charge < -0.3 is 15.2 Å². The van der Waals surface area contributed by atoms with E-state index in [9.17, 15) is 4.79 Å². The molecule has 0 radical (unpaired) electrons. The number of methoxy groups -OCH3 is 2. The molecule has 4 nitrogen and oxygen atoms in total. The smallest absolute Gasteiger partial charge is 0.220 e. The van der Waals surface area contributed by atoms with Crippen molar-refractivity contribution in [2.24, 2.45) is 11.7 Å². The van der Waals surface area contributed by atoms with Crippen molar-refractivity contribution < 1.29 is 14.3 Å². The number of primary amides is 1. The molecular weight excluding hydrogens is 266 g/mol. The highest BCUT2D eigenvalue weighted by Crippen LogP contribution is 2.29. The Morgan fingerprint density at radius 3 is 2.43 bits per heavy atom. The maximum atomic E-state index is 11.6. The van der Waals surface area contributed by atoms with Crippen molar-refractivity contribution in [1.29, 1.82) is 0 Å². The molecule has 0 aromatic heterocycles. The van der Waals surface area contributed by atoms with E-state index in [1.807, 2.05) is 18.2 Å². The molecule has 0 fully saturated rings. The van der Waals surface area contributed by atoms with E-state index in [4.69, 9.17) is 15.2 Å². The monoisotopic (exact) mass is 293 g/mol. The molecular formula is C17H27NO3. The summed E-state index contributed by atoms with van der Waals surface area (Å²) in [6.07, 6.45) is 6.12. The van der Waals surface area contributed by atoms with E-state index in [-0.39, 0.29) is 11.8 Å². The Kier molecular flexibility index (Phi) is 7.65. The van der Waals surface area contributed by atoms with Gasteiger partial charge in [-0.15, -0.1) is 0 Å². The third kappa shape index (κ3) is 5.66. The van der Waals surface area contributed by atoms with E-state index in [0.717, 1.165) is 24.8 Å². The molecule has 0 aliphatic rings. The van der Waals surface area contributed by atoms with E-state index >= 15 is 0 Å². The van der Waals surface area contributed by atoms with E-state index in [1.54, 1.807) is 14.2 Å². The molecule has 118 valence electrons. The van der Waals surface area contributed by atoms with Gasteiger partial charge in [-0.25, -0.2) is 0 Å². The van der Waals surface area contributed by atoms with Crippen LogP contribution in [0.5, 0.6) is 11.5 Å². The van der Waals surface area contributed by atoms with Crippen molar-refractivity contribution in [2.75, 3.05) is 14.2 Å². The molecule has 2 N–H and O–H groups in total. The summed E-state index contributed by atoms with van der Waals surface area (Å²) in [5, 5.41) is 0. The van der Waals surface area contributed by atoms with Gasteiger partial charge in [-0.2, -0.15) is 0 Å².